The molecule has 29 heavy (non-hydrogen) atoms. The first-order chi connectivity index (χ1) is 14.2. The van der Waals surface area contributed by atoms with E-state index < -0.39 is 0 Å². The highest BCUT2D eigenvalue weighted by Gasteiger charge is 2.29. The summed E-state index contributed by atoms with van der Waals surface area (Å²) in [6.45, 7) is 9.03. The maximum Gasteiger partial charge on any atom is 0.151 e. The molecule has 0 unspecified atom stereocenters. The van der Waals surface area contributed by atoms with Crippen LogP contribution in [0.4, 0.5) is 17.5 Å². The van der Waals surface area contributed by atoms with E-state index in [4.69, 9.17) is 4.74 Å². The lowest BCUT2D eigenvalue weighted by molar-refractivity contribution is -0.0203. The number of aromatic nitrogens is 4. The minimum Gasteiger partial charge on any atom is -0.376 e. The molecule has 0 saturated carbocycles. The van der Waals surface area contributed by atoms with Crippen LogP contribution in [0.25, 0.3) is 0 Å². The fourth-order valence-corrected chi connectivity index (χ4v) is 4.24. The zero-order chi connectivity index (χ0) is 20.1. The van der Waals surface area contributed by atoms with Gasteiger partial charge in [-0.2, -0.15) is 5.10 Å². The second kappa shape index (κ2) is 9.35. The molecule has 8 nitrogen and oxygen atoms in total. The topological polar surface area (TPSA) is 79.3 Å². The van der Waals surface area contributed by atoms with Crippen LogP contribution in [0.5, 0.6) is 0 Å². The summed E-state index contributed by atoms with van der Waals surface area (Å²) >= 11 is 0. The number of nitrogens with zero attached hydrogens (tertiary/aromatic N) is 6. The molecule has 4 rings (SSSR count). The molecule has 2 fully saturated rings. The maximum absolute atomic E-state index is 6.01. The summed E-state index contributed by atoms with van der Waals surface area (Å²) in [5.74, 6) is 3.27. The van der Waals surface area contributed by atoms with Gasteiger partial charge in [0.15, 0.2) is 5.82 Å². The van der Waals surface area contributed by atoms with E-state index in [1.807, 2.05) is 12.1 Å². The van der Waals surface area contributed by atoms with Gasteiger partial charge in [-0.3, -0.25) is 0 Å². The fourth-order valence-electron chi connectivity index (χ4n) is 4.24. The Kier molecular flexibility index (Phi) is 6.39. The highest BCUT2D eigenvalue weighted by molar-refractivity contribution is 5.50. The van der Waals surface area contributed by atoms with Crippen LogP contribution >= 0.6 is 0 Å². The lowest BCUT2D eigenvalue weighted by atomic mass is 9.94. The summed E-state index contributed by atoms with van der Waals surface area (Å²) < 4.78 is 6.01. The molecule has 4 heterocycles. The summed E-state index contributed by atoms with van der Waals surface area (Å²) in [7, 11) is 0. The first-order valence-electron chi connectivity index (χ1n) is 10.7. The highest BCUT2D eigenvalue weighted by Crippen LogP contribution is 2.25. The Morgan fingerprint density at radius 2 is 1.90 bits per heavy atom. The summed E-state index contributed by atoms with van der Waals surface area (Å²) in [4.78, 5) is 13.6. The number of hydrogen-bond donors (Lipinski definition) is 1. The van der Waals surface area contributed by atoms with Crippen LogP contribution in [0.15, 0.2) is 30.7 Å². The minimum absolute atomic E-state index is 0.223. The number of nitrogens with one attached hydrogen (secondary N) is 1. The Labute approximate surface area is 172 Å². The predicted molar refractivity (Wildman–Crippen MR) is 114 cm³/mol. The van der Waals surface area contributed by atoms with E-state index in [0.29, 0.717) is 12.0 Å². The van der Waals surface area contributed by atoms with Crippen molar-refractivity contribution < 1.29 is 4.74 Å². The zero-order valence-electron chi connectivity index (χ0n) is 17.4. The Balaban J connectivity index is 1.42. The Morgan fingerprint density at radius 3 is 2.66 bits per heavy atom. The van der Waals surface area contributed by atoms with Crippen molar-refractivity contribution in [2.24, 2.45) is 5.92 Å². The van der Waals surface area contributed by atoms with Gasteiger partial charge in [0.1, 0.15) is 18.0 Å². The molecule has 2 atom stereocenters. The number of anilines is 3. The molecule has 2 aromatic rings. The molecular formula is C21H31N7O. The first-order valence-corrected chi connectivity index (χ1v) is 10.7. The van der Waals surface area contributed by atoms with Crippen molar-refractivity contribution in [1.29, 1.82) is 0 Å². The van der Waals surface area contributed by atoms with Gasteiger partial charge in [-0.15, -0.1) is 5.10 Å². The predicted octanol–water partition coefficient (Wildman–Crippen LogP) is 2.60. The molecule has 1 N–H and O–H groups in total. The van der Waals surface area contributed by atoms with E-state index >= 15 is 0 Å². The van der Waals surface area contributed by atoms with Crippen LogP contribution in [0.2, 0.25) is 0 Å². The molecule has 0 aliphatic carbocycles. The van der Waals surface area contributed by atoms with Crippen LogP contribution in [0, 0.1) is 5.92 Å². The smallest absolute Gasteiger partial charge is 0.151 e. The van der Waals surface area contributed by atoms with E-state index in [-0.39, 0.29) is 6.10 Å². The van der Waals surface area contributed by atoms with Crippen LogP contribution in [-0.4, -0.2) is 65.1 Å². The van der Waals surface area contributed by atoms with Crippen LogP contribution in [0.1, 0.15) is 33.1 Å². The third-order valence-electron chi connectivity index (χ3n) is 5.71. The Bertz CT molecular complexity index is 773. The molecule has 8 heteroatoms. The Hall–Kier alpha value is -2.48. The fraction of sp³-hybridized carbons (Fsp3) is 0.619. The van der Waals surface area contributed by atoms with Gasteiger partial charge in [0.2, 0.25) is 0 Å². The van der Waals surface area contributed by atoms with Crippen molar-refractivity contribution in [2.75, 3.05) is 47.9 Å². The third-order valence-corrected chi connectivity index (χ3v) is 5.71. The normalized spacial score (nSPS) is 23.1. The largest absolute Gasteiger partial charge is 0.376 e. The molecule has 2 aromatic heterocycles. The van der Waals surface area contributed by atoms with Gasteiger partial charge in [-0.1, -0.05) is 13.8 Å². The molecule has 2 saturated heterocycles. The van der Waals surface area contributed by atoms with Crippen molar-refractivity contribution in [2.45, 2.75) is 45.3 Å². The van der Waals surface area contributed by atoms with E-state index in [9.17, 15) is 0 Å². The van der Waals surface area contributed by atoms with Crippen LogP contribution < -0.4 is 15.1 Å². The van der Waals surface area contributed by atoms with Crippen LogP contribution in [-0.2, 0) is 4.74 Å². The number of rotatable bonds is 5. The van der Waals surface area contributed by atoms with Gasteiger partial charge in [0.05, 0.1) is 12.1 Å². The molecule has 2 aliphatic rings. The van der Waals surface area contributed by atoms with E-state index in [2.05, 4.69) is 55.2 Å². The zero-order valence-corrected chi connectivity index (χ0v) is 17.4. The summed E-state index contributed by atoms with van der Waals surface area (Å²) in [6, 6.07) is 6.33. The van der Waals surface area contributed by atoms with Crippen molar-refractivity contribution in [3.8, 4) is 0 Å². The monoisotopic (exact) mass is 397 g/mol. The maximum atomic E-state index is 6.01. The highest BCUT2D eigenvalue weighted by atomic mass is 16.5. The SMILES string of the molecule is CC(C)[C@@H]1OCCC[C@@H]1Nc1cc(N2CCCN(c3cccnn3)CC2)ncn1. The summed E-state index contributed by atoms with van der Waals surface area (Å²) in [5.41, 5.74) is 0. The second-order valence-electron chi connectivity index (χ2n) is 8.14. The molecule has 0 amide bonds. The van der Waals surface area contributed by atoms with Crippen molar-refractivity contribution in [1.82, 2.24) is 20.2 Å². The third kappa shape index (κ3) is 4.93. The van der Waals surface area contributed by atoms with Gasteiger partial charge in [-0.05, 0) is 37.3 Å². The van der Waals surface area contributed by atoms with Gasteiger partial charge in [0.25, 0.3) is 0 Å². The Morgan fingerprint density at radius 1 is 1.07 bits per heavy atom. The summed E-state index contributed by atoms with van der Waals surface area (Å²) in [6.07, 6.45) is 6.85. The standard InChI is InChI=1S/C21H31N7O/c1-16(2)21-17(6-4-13-29-21)25-18-14-20(23-15-22-18)28-10-5-9-27(11-12-28)19-7-3-8-24-26-19/h3,7-8,14-17,21H,4-6,9-13H2,1-2H3,(H,22,23,25)/t17-,21-/m0/s1. The molecular weight excluding hydrogens is 366 g/mol. The van der Waals surface area contributed by atoms with Crippen LogP contribution in [0.3, 0.4) is 0 Å². The number of hydrogen-bond acceptors (Lipinski definition) is 8. The molecule has 0 spiro atoms. The lowest BCUT2D eigenvalue weighted by Crippen LogP contribution is -2.43. The first kappa shape index (κ1) is 19.8. The molecule has 0 radical (unpaired) electrons. The quantitative estimate of drug-likeness (QED) is 0.825. The van der Waals surface area contributed by atoms with E-state index in [0.717, 1.165) is 69.5 Å². The molecule has 0 aromatic carbocycles. The molecule has 0 bridgehead atoms. The van der Waals surface area contributed by atoms with Crippen molar-refractivity contribution >= 4 is 17.5 Å². The van der Waals surface area contributed by atoms with Gasteiger partial charge in [0, 0.05) is 45.0 Å². The van der Waals surface area contributed by atoms with Crippen molar-refractivity contribution in [3.63, 3.8) is 0 Å². The second-order valence-corrected chi connectivity index (χ2v) is 8.14. The lowest BCUT2D eigenvalue weighted by Gasteiger charge is -2.35. The molecule has 2 aliphatic heterocycles. The van der Waals surface area contributed by atoms with Gasteiger partial charge in [-0.25, -0.2) is 9.97 Å². The average Bonchev–Trinajstić information content (AvgIpc) is 3.01. The minimum atomic E-state index is 0.223. The van der Waals surface area contributed by atoms with E-state index in [1.165, 1.54) is 0 Å². The molecule has 156 valence electrons. The van der Waals surface area contributed by atoms with E-state index in [1.54, 1.807) is 12.5 Å². The van der Waals surface area contributed by atoms with Gasteiger partial charge >= 0.3 is 0 Å². The van der Waals surface area contributed by atoms with Crippen molar-refractivity contribution in [3.05, 3.63) is 30.7 Å². The summed E-state index contributed by atoms with van der Waals surface area (Å²) in [5, 5.41) is 11.9. The number of ether oxygens (including phenoxy) is 1. The van der Waals surface area contributed by atoms with Gasteiger partial charge < -0.3 is 19.9 Å². The average molecular weight is 398 g/mol.